The van der Waals surface area contributed by atoms with Gasteiger partial charge in [-0.25, -0.2) is 4.79 Å². The molecule has 0 saturated heterocycles. The summed E-state index contributed by atoms with van der Waals surface area (Å²) >= 11 is 0. The van der Waals surface area contributed by atoms with Crippen molar-refractivity contribution in [3.05, 3.63) is 40.2 Å². The van der Waals surface area contributed by atoms with Crippen molar-refractivity contribution < 1.29 is 9.90 Å². The zero-order valence-corrected chi connectivity index (χ0v) is 11.4. The maximum Gasteiger partial charge on any atom is 0.319 e. The number of pyridine rings is 1. The lowest BCUT2D eigenvalue weighted by Crippen LogP contribution is -2.39. The number of urea groups is 1. The van der Waals surface area contributed by atoms with E-state index < -0.39 is 6.03 Å². The van der Waals surface area contributed by atoms with Gasteiger partial charge in [0, 0.05) is 17.1 Å². The van der Waals surface area contributed by atoms with Gasteiger partial charge in [-0.1, -0.05) is 11.6 Å². The third kappa shape index (κ3) is 2.97. The van der Waals surface area contributed by atoms with Gasteiger partial charge in [-0.15, -0.1) is 0 Å². The van der Waals surface area contributed by atoms with Gasteiger partial charge < -0.3 is 20.7 Å². The number of aliphatic hydroxyl groups excluding tert-OH is 1. The minimum Gasteiger partial charge on any atom is -0.394 e. The highest BCUT2D eigenvalue weighted by molar-refractivity contribution is 5.92. The molecule has 1 atom stereocenters. The number of benzene rings is 1. The predicted molar refractivity (Wildman–Crippen MR) is 78.0 cm³/mol. The van der Waals surface area contributed by atoms with Crippen LogP contribution in [0.1, 0.15) is 12.5 Å². The highest BCUT2D eigenvalue weighted by atomic mass is 16.3. The second kappa shape index (κ2) is 5.75. The average Bonchev–Trinajstić information content (AvgIpc) is 2.42. The van der Waals surface area contributed by atoms with Crippen molar-refractivity contribution in [1.29, 1.82) is 0 Å². The molecule has 2 rings (SSSR count). The summed E-state index contributed by atoms with van der Waals surface area (Å²) < 4.78 is 0. The van der Waals surface area contributed by atoms with Crippen LogP contribution in [0.3, 0.4) is 0 Å². The fourth-order valence-electron chi connectivity index (χ4n) is 1.85. The first-order chi connectivity index (χ1) is 9.51. The Labute approximate surface area is 115 Å². The van der Waals surface area contributed by atoms with Gasteiger partial charge in [-0.2, -0.15) is 0 Å². The fraction of sp³-hybridized carbons (Fsp3) is 0.286. The first-order valence-electron chi connectivity index (χ1n) is 6.31. The highest BCUT2D eigenvalue weighted by Gasteiger charge is 2.10. The van der Waals surface area contributed by atoms with E-state index in [-0.39, 0.29) is 23.8 Å². The van der Waals surface area contributed by atoms with Crippen LogP contribution in [0.2, 0.25) is 0 Å². The third-order valence-electron chi connectivity index (χ3n) is 2.94. The number of aromatic nitrogens is 1. The van der Waals surface area contributed by atoms with Crippen molar-refractivity contribution in [3.63, 3.8) is 0 Å². The van der Waals surface area contributed by atoms with Crippen LogP contribution in [0.15, 0.2) is 29.2 Å². The van der Waals surface area contributed by atoms with E-state index in [1.165, 1.54) is 6.20 Å². The van der Waals surface area contributed by atoms with E-state index in [0.717, 1.165) is 11.1 Å². The van der Waals surface area contributed by atoms with Gasteiger partial charge >= 0.3 is 6.03 Å². The standard InChI is InChI=1S/C14H17N3O3/c1-8-3-4-11-10(5-8)13(19)12(6-15-11)17-14(20)16-9(2)7-18/h3-6,9,18H,7H2,1-2H3,(H,15,19)(H2,16,17,20). The molecule has 0 bridgehead atoms. The quantitative estimate of drug-likeness (QED) is 0.681. The van der Waals surface area contributed by atoms with Crippen LogP contribution in [0.4, 0.5) is 10.5 Å². The molecule has 0 saturated carbocycles. The first kappa shape index (κ1) is 14.1. The maximum absolute atomic E-state index is 12.3. The molecule has 1 heterocycles. The van der Waals surface area contributed by atoms with Gasteiger partial charge in [0.25, 0.3) is 0 Å². The zero-order valence-electron chi connectivity index (χ0n) is 11.4. The Hall–Kier alpha value is -2.34. The van der Waals surface area contributed by atoms with Gasteiger partial charge in [0.15, 0.2) is 0 Å². The summed E-state index contributed by atoms with van der Waals surface area (Å²) in [5, 5.41) is 14.4. The molecule has 0 aliphatic rings. The Morgan fingerprint density at radius 1 is 1.45 bits per heavy atom. The molecule has 1 aromatic carbocycles. The number of rotatable bonds is 3. The Morgan fingerprint density at radius 3 is 2.90 bits per heavy atom. The van der Waals surface area contributed by atoms with E-state index in [0.29, 0.717) is 5.39 Å². The lowest BCUT2D eigenvalue weighted by molar-refractivity contribution is 0.229. The van der Waals surface area contributed by atoms with Crippen LogP contribution in [0.5, 0.6) is 0 Å². The Bertz CT molecular complexity index is 694. The topological polar surface area (TPSA) is 94.2 Å². The number of aromatic amines is 1. The van der Waals surface area contributed by atoms with Crippen LogP contribution in [0, 0.1) is 6.92 Å². The summed E-state index contributed by atoms with van der Waals surface area (Å²) in [6.45, 7) is 3.39. The van der Waals surface area contributed by atoms with Crippen LogP contribution in [0.25, 0.3) is 10.9 Å². The van der Waals surface area contributed by atoms with Gasteiger partial charge in [0.05, 0.1) is 12.6 Å². The molecule has 20 heavy (non-hydrogen) atoms. The lowest BCUT2D eigenvalue weighted by atomic mass is 10.1. The Balaban J connectivity index is 2.29. The minimum absolute atomic E-state index is 0.166. The molecule has 1 unspecified atom stereocenters. The minimum atomic E-state index is -0.524. The number of H-pyrrole nitrogens is 1. The number of amides is 2. The second-order valence-corrected chi connectivity index (χ2v) is 4.76. The van der Waals surface area contributed by atoms with Crippen LogP contribution in [-0.2, 0) is 0 Å². The molecule has 4 N–H and O–H groups in total. The molecule has 0 radical (unpaired) electrons. The molecule has 0 aliphatic heterocycles. The fourth-order valence-corrected chi connectivity index (χ4v) is 1.85. The number of anilines is 1. The molecule has 0 spiro atoms. The van der Waals surface area contributed by atoms with Crippen LogP contribution >= 0.6 is 0 Å². The van der Waals surface area contributed by atoms with Crippen LogP contribution < -0.4 is 16.1 Å². The second-order valence-electron chi connectivity index (χ2n) is 4.76. The number of hydrogen-bond acceptors (Lipinski definition) is 3. The predicted octanol–water partition coefficient (Wildman–Crippen LogP) is 1.34. The maximum atomic E-state index is 12.3. The SMILES string of the molecule is Cc1ccc2[nH]cc(NC(=O)NC(C)CO)c(=O)c2c1. The van der Waals surface area contributed by atoms with E-state index in [1.54, 1.807) is 13.0 Å². The molecule has 6 heteroatoms. The monoisotopic (exact) mass is 275 g/mol. The lowest BCUT2D eigenvalue weighted by Gasteiger charge is -2.12. The van der Waals surface area contributed by atoms with Gasteiger partial charge in [-0.05, 0) is 26.0 Å². The number of carbonyl (C=O) groups is 1. The van der Waals surface area contributed by atoms with Crippen molar-refractivity contribution in [3.8, 4) is 0 Å². The number of fused-ring (bicyclic) bond motifs is 1. The van der Waals surface area contributed by atoms with Crippen molar-refractivity contribution in [2.45, 2.75) is 19.9 Å². The van der Waals surface area contributed by atoms with Gasteiger partial charge in [0.1, 0.15) is 5.69 Å². The molecule has 106 valence electrons. The molecule has 6 nitrogen and oxygen atoms in total. The Kier molecular flexibility index (Phi) is 4.05. The average molecular weight is 275 g/mol. The normalized spacial score (nSPS) is 12.2. The number of aryl methyl sites for hydroxylation is 1. The number of aliphatic hydroxyl groups is 1. The summed E-state index contributed by atoms with van der Waals surface area (Å²) in [6, 6.07) is 4.60. The van der Waals surface area contributed by atoms with Crippen LogP contribution in [-0.4, -0.2) is 28.8 Å². The highest BCUT2D eigenvalue weighted by Crippen LogP contribution is 2.12. The molecule has 1 aromatic heterocycles. The van der Waals surface area contributed by atoms with E-state index in [1.807, 2.05) is 19.1 Å². The Morgan fingerprint density at radius 2 is 2.20 bits per heavy atom. The van der Waals surface area contributed by atoms with E-state index in [2.05, 4.69) is 15.6 Å². The molecular formula is C14H17N3O3. The summed E-state index contributed by atoms with van der Waals surface area (Å²) in [7, 11) is 0. The van der Waals surface area contributed by atoms with Gasteiger partial charge in [0.2, 0.25) is 5.43 Å². The molecular weight excluding hydrogens is 258 g/mol. The summed E-state index contributed by atoms with van der Waals surface area (Å²) in [6.07, 6.45) is 1.46. The van der Waals surface area contributed by atoms with Crippen molar-refractivity contribution in [1.82, 2.24) is 10.3 Å². The molecule has 2 aromatic rings. The summed E-state index contributed by atoms with van der Waals surface area (Å²) in [5.41, 5.74) is 1.62. The van der Waals surface area contributed by atoms with Crippen molar-refractivity contribution >= 4 is 22.6 Å². The molecule has 0 fully saturated rings. The molecule has 2 amide bonds. The molecule has 0 aliphatic carbocycles. The number of carbonyl (C=O) groups excluding carboxylic acids is 1. The summed E-state index contributed by atoms with van der Waals surface area (Å²) in [4.78, 5) is 26.9. The third-order valence-corrected chi connectivity index (χ3v) is 2.94. The van der Waals surface area contributed by atoms with E-state index >= 15 is 0 Å². The first-order valence-corrected chi connectivity index (χ1v) is 6.31. The number of hydrogen-bond donors (Lipinski definition) is 4. The number of nitrogens with one attached hydrogen (secondary N) is 3. The largest absolute Gasteiger partial charge is 0.394 e. The van der Waals surface area contributed by atoms with E-state index in [4.69, 9.17) is 5.11 Å². The summed E-state index contributed by atoms with van der Waals surface area (Å²) in [5.74, 6) is 0. The smallest absolute Gasteiger partial charge is 0.319 e. The van der Waals surface area contributed by atoms with Crippen molar-refractivity contribution in [2.24, 2.45) is 0 Å². The van der Waals surface area contributed by atoms with Crippen molar-refractivity contribution in [2.75, 3.05) is 11.9 Å². The van der Waals surface area contributed by atoms with Gasteiger partial charge in [-0.3, -0.25) is 4.79 Å². The zero-order chi connectivity index (χ0) is 14.7. The van der Waals surface area contributed by atoms with E-state index in [9.17, 15) is 9.59 Å².